The number of nitrogens with two attached hydrogens (primary N) is 1. The topological polar surface area (TPSA) is 53.1 Å². The lowest BCUT2D eigenvalue weighted by Gasteiger charge is -2.25. The predicted molar refractivity (Wildman–Crippen MR) is 68.1 cm³/mol. The third kappa shape index (κ3) is 2.57. The van der Waals surface area contributed by atoms with Crippen LogP contribution in [0.1, 0.15) is 31.2 Å². The van der Waals surface area contributed by atoms with Gasteiger partial charge in [-0.3, -0.25) is 5.41 Å². The number of hydrogen-bond acceptors (Lipinski definition) is 2. The van der Waals surface area contributed by atoms with Gasteiger partial charge in [0.2, 0.25) is 0 Å². The lowest BCUT2D eigenvalue weighted by atomic mass is 10.1. The molecule has 4 heteroatoms. The Morgan fingerprint density at radius 3 is 2.41 bits per heavy atom. The molecule has 0 unspecified atom stereocenters. The summed E-state index contributed by atoms with van der Waals surface area (Å²) in [5.74, 6) is -0.596. The first-order valence-electron chi connectivity index (χ1n) is 6.08. The smallest absolute Gasteiger partial charge is 0.136 e. The van der Waals surface area contributed by atoms with Crippen molar-refractivity contribution in [3.05, 3.63) is 29.6 Å². The van der Waals surface area contributed by atoms with Crippen LogP contribution < -0.4 is 10.6 Å². The SMILES string of the molecule is N=C(N)c1c(F)cccc1N1CCCCCC1. The van der Waals surface area contributed by atoms with Crippen LogP contribution in [-0.4, -0.2) is 18.9 Å². The van der Waals surface area contributed by atoms with E-state index in [9.17, 15) is 4.39 Å². The van der Waals surface area contributed by atoms with Crippen molar-refractivity contribution in [1.29, 1.82) is 5.41 Å². The molecule has 0 aromatic heterocycles. The molecule has 0 radical (unpaired) electrons. The minimum absolute atomic E-state index is 0.192. The molecule has 3 nitrogen and oxygen atoms in total. The Morgan fingerprint density at radius 1 is 1.18 bits per heavy atom. The summed E-state index contributed by atoms with van der Waals surface area (Å²) in [6, 6.07) is 4.89. The van der Waals surface area contributed by atoms with Crippen molar-refractivity contribution in [1.82, 2.24) is 0 Å². The quantitative estimate of drug-likeness (QED) is 0.611. The molecule has 3 N–H and O–H groups in total. The van der Waals surface area contributed by atoms with Crippen molar-refractivity contribution in [2.24, 2.45) is 5.73 Å². The molecule has 0 amide bonds. The zero-order valence-corrected chi connectivity index (χ0v) is 9.88. The minimum atomic E-state index is -0.403. The molecule has 1 aliphatic heterocycles. The number of nitrogens with zero attached hydrogens (tertiary/aromatic N) is 1. The van der Waals surface area contributed by atoms with Gasteiger partial charge in [0.25, 0.3) is 0 Å². The highest BCUT2D eigenvalue weighted by molar-refractivity contribution is 6.00. The maximum absolute atomic E-state index is 13.7. The van der Waals surface area contributed by atoms with Crippen LogP contribution in [0.4, 0.5) is 10.1 Å². The highest BCUT2D eigenvalue weighted by atomic mass is 19.1. The third-order valence-corrected chi connectivity index (χ3v) is 3.21. The van der Waals surface area contributed by atoms with E-state index in [0.29, 0.717) is 0 Å². The van der Waals surface area contributed by atoms with E-state index in [1.807, 2.05) is 6.07 Å². The van der Waals surface area contributed by atoms with E-state index in [1.165, 1.54) is 18.9 Å². The molecule has 1 aromatic carbocycles. The summed E-state index contributed by atoms with van der Waals surface area (Å²) in [6.45, 7) is 1.84. The lowest BCUT2D eigenvalue weighted by Crippen LogP contribution is -2.28. The summed E-state index contributed by atoms with van der Waals surface area (Å²) in [6.07, 6.45) is 4.68. The highest BCUT2D eigenvalue weighted by Crippen LogP contribution is 2.25. The summed E-state index contributed by atoms with van der Waals surface area (Å²) < 4.78 is 13.7. The largest absolute Gasteiger partial charge is 0.384 e. The van der Waals surface area contributed by atoms with Gasteiger partial charge >= 0.3 is 0 Å². The van der Waals surface area contributed by atoms with Gasteiger partial charge in [-0.15, -0.1) is 0 Å². The second-order valence-electron chi connectivity index (χ2n) is 4.45. The molecule has 1 aromatic rings. The Hall–Kier alpha value is -1.58. The molecule has 1 fully saturated rings. The number of halogens is 1. The van der Waals surface area contributed by atoms with Gasteiger partial charge in [-0.2, -0.15) is 0 Å². The molecular formula is C13H18FN3. The molecule has 1 aliphatic rings. The van der Waals surface area contributed by atoms with Gasteiger partial charge in [-0.25, -0.2) is 4.39 Å². The standard InChI is InChI=1S/C13H18FN3/c14-10-6-5-7-11(12(10)13(15)16)17-8-3-1-2-4-9-17/h5-7H,1-4,8-9H2,(H3,15,16). The van der Waals surface area contributed by atoms with Gasteiger partial charge in [0.1, 0.15) is 11.7 Å². The van der Waals surface area contributed by atoms with Crippen molar-refractivity contribution in [3.63, 3.8) is 0 Å². The molecule has 17 heavy (non-hydrogen) atoms. The molecular weight excluding hydrogens is 217 g/mol. The molecule has 0 bridgehead atoms. The second kappa shape index (κ2) is 5.17. The van der Waals surface area contributed by atoms with Crippen LogP contribution in [0.5, 0.6) is 0 Å². The number of amidine groups is 1. The Kier molecular flexibility index (Phi) is 3.61. The average Bonchev–Trinajstić information content (AvgIpc) is 2.56. The van der Waals surface area contributed by atoms with Crippen molar-refractivity contribution in [2.75, 3.05) is 18.0 Å². The first-order valence-corrected chi connectivity index (χ1v) is 6.08. The van der Waals surface area contributed by atoms with E-state index in [4.69, 9.17) is 11.1 Å². The van der Waals surface area contributed by atoms with Gasteiger partial charge in [0.15, 0.2) is 0 Å². The second-order valence-corrected chi connectivity index (χ2v) is 4.45. The van der Waals surface area contributed by atoms with Crippen molar-refractivity contribution in [2.45, 2.75) is 25.7 Å². The van der Waals surface area contributed by atoms with E-state index in [0.717, 1.165) is 31.6 Å². The molecule has 2 rings (SSSR count). The van der Waals surface area contributed by atoms with Crippen LogP contribution in [0.15, 0.2) is 18.2 Å². The lowest BCUT2D eigenvalue weighted by molar-refractivity contribution is 0.623. The Labute approximate surface area is 101 Å². The Morgan fingerprint density at radius 2 is 1.82 bits per heavy atom. The number of nitrogens with one attached hydrogen (secondary N) is 1. The van der Waals surface area contributed by atoms with Crippen molar-refractivity contribution < 1.29 is 4.39 Å². The van der Waals surface area contributed by atoms with Crippen molar-refractivity contribution >= 4 is 11.5 Å². The monoisotopic (exact) mass is 235 g/mol. The fraction of sp³-hybridized carbons (Fsp3) is 0.462. The Bertz CT molecular complexity index is 409. The number of rotatable bonds is 2. The van der Waals surface area contributed by atoms with Crippen molar-refractivity contribution in [3.8, 4) is 0 Å². The number of anilines is 1. The van der Waals surface area contributed by atoms with Crippen LogP contribution in [-0.2, 0) is 0 Å². The third-order valence-electron chi connectivity index (χ3n) is 3.21. The fourth-order valence-electron chi connectivity index (χ4n) is 2.35. The van der Waals surface area contributed by atoms with Crippen LogP contribution in [0.2, 0.25) is 0 Å². The predicted octanol–water partition coefficient (Wildman–Crippen LogP) is 2.49. The summed E-state index contributed by atoms with van der Waals surface area (Å²) in [4.78, 5) is 2.15. The Balaban J connectivity index is 2.36. The summed E-state index contributed by atoms with van der Waals surface area (Å²) in [5, 5.41) is 7.50. The molecule has 0 saturated carbocycles. The summed E-state index contributed by atoms with van der Waals surface area (Å²) >= 11 is 0. The number of hydrogen-bond donors (Lipinski definition) is 2. The van der Waals surface area contributed by atoms with Gasteiger partial charge in [-0.05, 0) is 25.0 Å². The van der Waals surface area contributed by atoms with Crippen LogP contribution in [0.3, 0.4) is 0 Å². The molecule has 0 aliphatic carbocycles. The average molecular weight is 235 g/mol. The van der Waals surface area contributed by atoms with E-state index in [1.54, 1.807) is 6.07 Å². The van der Waals surface area contributed by atoms with Crippen LogP contribution >= 0.6 is 0 Å². The number of nitrogen functional groups attached to an aromatic ring is 1. The highest BCUT2D eigenvalue weighted by Gasteiger charge is 2.17. The normalized spacial score (nSPS) is 16.6. The maximum atomic E-state index is 13.7. The summed E-state index contributed by atoms with van der Waals surface area (Å²) in [7, 11) is 0. The molecule has 1 heterocycles. The van der Waals surface area contributed by atoms with Crippen LogP contribution in [0.25, 0.3) is 0 Å². The maximum Gasteiger partial charge on any atom is 0.136 e. The minimum Gasteiger partial charge on any atom is -0.384 e. The zero-order valence-electron chi connectivity index (χ0n) is 9.88. The van der Waals surface area contributed by atoms with E-state index >= 15 is 0 Å². The van der Waals surface area contributed by atoms with Gasteiger partial charge < -0.3 is 10.6 Å². The molecule has 0 atom stereocenters. The van der Waals surface area contributed by atoms with Gasteiger partial charge in [0.05, 0.1) is 11.3 Å². The molecule has 0 spiro atoms. The first kappa shape index (κ1) is 11.9. The molecule has 92 valence electrons. The summed E-state index contributed by atoms with van der Waals surface area (Å²) in [5.41, 5.74) is 6.49. The van der Waals surface area contributed by atoms with Gasteiger partial charge in [-0.1, -0.05) is 18.9 Å². The van der Waals surface area contributed by atoms with E-state index in [2.05, 4.69) is 4.90 Å². The molecule has 1 saturated heterocycles. The fourth-order valence-corrected chi connectivity index (χ4v) is 2.35. The van der Waals surface area contributed by atoms with Crippen LogP contribution in [0, 0.1) is 11.2 Å². The van der Waals surface area contributed by atoms with Gasteiger partial charge in [0, 0.05) is 13.1 Å². The first-order chi connectivity index (χ1) is 8.20. The number of benzene rings is 1. The van der Waals surface area contributed by atoms with E-state index < -0.39 is 5.82 Å². The van der Waals surface area contributed by atoms with E-state index in [-0.39, 0.29) is 11.4 Å². The zero-order chi connectivity index (χ0) is 12.3.